The lowest BCUT2D eigenvalue weighted by molar-refractivity contribution is 0.101. The van der Waals surface area contributed by atoms with E-state index in [1.165, 1.54) is 0 Å². The van der Waals surface area contributed by atoms with Gasteiger partial charge in [-0.15, -0.1) is 10.2 Å². The smallest absolute Gasteiger partial charge is 0.273 e. The standard InChI is InChI=1S/C9H14N4O3S/c10-17(14,15)9-12-11-8(7-2-1-5-16-7)13(9)6-3-4-6/h6-7H,1-5H2,(H2,10,14,15). The van der Waals surface area contributed by atoms with E-state index in [-0.39, 0.29) is 17.3 Å². The Bertz CT molecular complexity index is 528. The number of ether oxygens (including phenoxy) is 1. The molecule has 2 heterocycles. The van der Waals surface area contributed by atoms with Gasteiger partial charge in [0.25, 0.3) is 15.2 Å². The molecule has 2 N–H and O–H groups in total. The van der Waals surface area contributed by atoms with Gasteiger partial charge in [0.15, 0.2) is 5.82 Å². The minimum absolute atomic E-state index is 0.134. The predicted octanol–water partition coefficient (Wildman–Crippen LogP) is 0.112. The van der Waals surface area contributed by atoms with Crippen LogP contribution in [0.4, 0.5) is 0 Å². The summed E-state index contributed by atoms with van der Waals surface area (Å²) in [4.78, 5) is 0. The summed E-state index contributed by atoms with van der Waals surface area (Å²) in [6.07, 6.45) is 3.57. The molecule has 1 aliphatic heterocycles. The maximum atomic E-state index is 11.4. The first-order chi connectivity index (χ1) is 8.07. The lowest BCUT2D eigenvalue weighted by Crippen LogP contribution is -2.19. The van der Waals surface area contributed by atoms with E-state index in [1.807, 2.05) is 0 Å². The van der Waals surface area contributed by atoms with Crippen LogP contribution >= 0.6 is 0 Å². The van der Waals surface area contributed by atoms with Crippen LogP contribution in [-0.4, -0.2) is 29.8 Å². The first kappa shape index (κ1) is 11.1. The van der Waals surface area contributed by atoms with Gasteiger partial charge in [-0.05, 0) is 25.7 Å². The van der Waals surface area contributed by atoms with Crippen LogP contribution in [0.3, 0.4) is 0 Å². The number of nitrogens with two attached hydrogens (primary N) is 1. The van der Waals surface area contributed by atoms with Crippen molar-refractivity contribution in [2.24, 2.45) is 5.14 Å². The average molecular weight is 258 g/mol. The number of primary sulfonamides is 1. The minimum atomic E-state index is -3.81. The van der Waals surface area contributed by atoms with E-state index in [0.29, 0.717) is 12.4 Å². The van der Waals surface area contributed by atoms with E-state index in [4.69, 9.17) is 9.88 Å². The molecule has 1 saturated carbocycles. The van der Waals surface area contributed by atoms with Gasteiger partial charge in [0, 0.05) is 12.6 Å². The van der Waals surface area contributed by atoms with Crippen LogP contribution in [0.5, 0.6) is 0 Å². The maximum absolute atomic E-state index is 11.4. The van der Waals surface area contributed by atoms with E-state index >= 15 is 0 Å². The van der Waals surface area contributed by atoms with Crippen molar-refractivity contribution in [2.75, 3.05) is 6.61 Å². The Labute approximate surface area is 99.0 Å². The Morgan fingerprint density at radius 1 is 1.29 bits per heavy atom. The second-order valence-corrected chi connectivity index (χ2v) is 5.94. The second-order valence-electron chi connectivity index (χ2n) is 4.49. The molecule has 1 saturated heterocycles. The van der Waals surface area contributed by atoms with Crippen molar-refractivity contribution < 1.29 is 13.2 Å². The zero-order chi connectivity index (χ0) is 12.0. The fourth-order valence-electron chi connectivity index (χ4n) is 2.16. The van der Waals surface area contributed by atoms with Crippen LogP contribution in [0, 0.1) is 0 Å². The van der Waals surface area contributed by atoms with Crippen molar-refractivity contribution in [2.45, 2.75) is 43.0 Å². The molecule has 1 aromatic heterocycles. The fraction of sp³-hybridized carbons (Fsp3) is 0.778. The summed E-state index contributed by atoms with van der Waals surface area (Å²) in [5, 5.41) is 12.7. The van der Waals surface area contributed by atoms with Gasteiger partial charge in [0.2, 0.25) is 0 Å². The molecule has 0 amide bonds. The highest BCUT2D eigenvalue weighted by Gasteiger charge is 2.36. The molecule has 1 unspecified atom stereocenters. The minimum Gasteiger partial charge on any atom is -0.370 e. The number of rotatable bonds is 3. The van der Waals surface area contributed by atoms with Gasteiger partial charge in [-0.25, -0.2) is 13.6 Å². The molecule has 7 nitrogen and oxygen atoms in total. The third-order valence-corrected chi connectivity index (χ3v) is 3.86. The summed E-state index contributed by atoms with van der Waals surface area (Å²) < 4.78 is 30.0. The van der Waals surface area contributed by atoms with E-state index in [9.17, 15) is 8.42 Å². The third kappa shape index (κ3) is 1.96. The molecule has 2 aliphatic rings. The Morgan fingerprint density at radius 2 is 2.06 bits per heavy atom. The Kier molecular flexibility index (Phi) is 2.46. The lowest BCUT2D eigenvalue weighted by atomic mass is 10.2. The van der Waals surface area contributed by atoms with Crippen molar-refractivity contribution in [3.63, 3.8) is 0 Å². The van der Waals surface area contributed by atoms with E-state index in [0.717, 1.165) is 25.7 Å². The molecule has 0 spiro atoms. The molecule has 1 atom stereocenters. The normalized spacial score (nSPS) is 25.4. The quantitative estimate of drug-likeness (QED) is 0.829. The van der Waals surface area contributed by atoms with Crippen LogP contribution in [0.15, 0.2) is 5.16 Å². The molecule has 0 radical (unpaired) electrons. The zero-order valence-corrected chi connectivity index (χ0v) is 10.1. The molecule has 3 rings (SSSR count). The highest BCUT2D eigenvalue weighted by atomic mass is 32.2. The summed E-state index contributed by atoms with van der Waals surface area (Å²) in [5.74, 6) is 0.606. The Balaban J connectivity index is 2.06. The SMILES string of the molecule is NS(=O)(=O)c1nnc(C2CCCO2)n1C1CC1. The largest absolute Gasteiger partial charge is 0.370 e. The van der Waals surface area contributed by atoms with Gasteiger partial charge in [0.05, 0.1) is 0 Å². The number of hydrogen-bond acceptors (Lipinski definition) is 5. The monoisotopic (exact) mass is 258 g/mol. The first-order valence-electron chi connectivity index (χ1n) is 5.66. The molecule has 0 bridgehead atoms. The molecule has 8 heteroatoms. The molecule has 0 aromatic carbocycles. The zero-order valence-electron chi connectivity index (χ0n) is 9.24. The Morgan fingerprint density at radius 3 is 2.59 bits per heavy atom. The summed E-state index contributed by atoms with van der Waals surface area (Å²) in [6, 6.07) is 0.164. The summed E-state index contributed by atoms with van der Waals surface area (Å²) in [7, 11) is -3.81. The van der Waals surface area contributed by atoms with Gasteiger partial charge in [-0.2, -0.15) is 0 Å². The molecule has 94 valence electrons. The highest BCUT2D eigenvalue weighted by molar-refractivity contribution is 7.89. The number of nitrogens with zero attached hydrogens (tertiary/aromatic N) is 3. The summed E-state index contributed by atoms with van der Waals surface area (Å²) >= 11 is 0. The maximum Gasteiger partial charge on any atom is 0.273 e. The van der Waals surface area contributed by atoms with Crippen LogP contribution in [0.1, 0.15) is 43.7 Å². The number of sulfonamides is 1. The van der Waals surface area contributed by atoms with Crippen molar-refractivity contribution >= 4 is 10.0 Å². The van der Waals surface area contributed by atoms with E-state index in [1.54, 1.807) is 4.57 Å². The predicted molar refractivity (Wildman–Crippen MR) is 57.6 cm³/mol. The van der Waals surface area contributed by atoms with Crippen molar-refractivity contribution in [3.8, 4) is 0 Å². The lowest BCUT2D eigenvalue weighted by Gasteiger charge is -2.11. The van der Waals surface area contributed by atoms with Crippen LogP contribution in [-0.2, 0) is 14.8 Å². The van der Waals surface area contributed by atoms with Gasteiger partial charge < -0.3 is 4.74 Å². The second kappa shape index (κ2) is 3.76. The average Bonchev–Trinajstić information content (AvgIpc) is 2.81. The van der Waals surface area contributed by atoms with Crippen molar-refractivity contribution in [1.29, 1.82) is 0 Å². The fourth-order valence-corrected chi connectivity index (χ4v) is 2.83. The molecule has 1 aliphatic carbocycles. The molecule has 2 fully saturated rings. The summed E-state index contributed by atoms with van der Waals surface area (Å²) in [5.41, 5.74) is 0. The molecular weight excluding hydrogens is 244 g/mol. The van der Waals surface area contributed by atoms with Crippen molar-refractivity contribution in [1.82, 2.24) is 14.8 Å². The van der Waals surface area contributed by atoms with Gasteiger partial charge >= 0.3 is 0 Å². The van der Waals surface area contributed by atoms with Crippen LogP contribution < -0.4 is 5.14 Å². The highest BCUT2D eigenvalue weighted by Crippen LogP contribution is 2.40. The first-order valence-corrected chi connectivity index (χ1v) is 7.21. The number of aromatic nitrogens is 3. The Hall–Kier alpha value is -0.990. The molecular formula is C9H14N4O3S. The van der Waals surface area contributed by atoms with E-state index < -0.39 is 10.0 Å². The van der Waals surface area contributed by atoms with Crippen molar-refractivity contribution in [3.05, 3.63) is 5.82 Å². The van der Waals surface area contributed by atoms with Gasteiger partial charge in [0.1, 0.15) is 6.10 Å². The van der Waals surface area contributed by atoms with Crippen LogP contribution in [0.2, 0.25) is 0 Å². The molecule has 17 heavy (non-hydrogen) atoms. The third-order valence-electron chi connectivity index (χ3n) is 3.08. The van der Waals surface area contributed by atoms with Crippen LogP contribution in [0.25, 0.3) is 0 Å². The number of hydrogen-bond donors (Lipinski definition) is 1. The molecule has 1 aromatic rings. The van der Waals surface area contributed by atoms with Gasteiger partial charge in [-0.3, -0.25) is 4.57 Å². The van der Waals surface area contributed by atoms with E-state index in [2.05, 4.69) is 10.2 Å². The van der Waals surface area contributed by atoms with Gasteiger partial charge in [-0.1, -0.05) is 0 Å². The summed E-state index contributed by atoms with van der Waals surface area (Å²) in [6.45, 7) is 0.687. The topological polar surface area (TPSA) is 100 Å².